The number of amides is 1. The summed E-state index contributed by atoms with van der Waals surface area (Å²) in [6, 6.07) is 12.1. The molecule has 2 rings (SSSR count). The van der Waals surface area contributed by atoms with Gasteiger partial charge in [0.2, 0.25) is 0 Å². The summed E-state index contributed by atoms with van der Waals surface area (Å²) in [6.45, 7) is 3.48. The van der Waals surface area contributed by atoms with E-state index in [1.165, 1.54) is 12.1 Å². The molecule has 0 heterocycles. The average Bonchev–Trinajstić information content (AvgIpc) is 2.61. The minimum Gasteiger partial charge on any atom is -0.463 e. The zero-order valence-corrected chi connectivity index (χ0v) is 15.0. The maximum Gasteiger partial charge on any atom is 0.308 e. The minimum atomic E-state index is -0.652. The molecule has 0 aliphatic rings. The fourth-order valence-corrected chi connectivity index (χ4v) is 2.50. The van der Waals surface area contributed by atoms with Gasteiger partial charge < -0.3 is 15.8 Å². The van der Waals surface area contributed by atoms with Crippen LogP contribution in [0.4, 0.5) is 11.4 Å². The third-order valence-electron chi connectivity index (χ3n) is 3.73. The second-order valence-corrected chi connectivity index (χ2v) is 6.21. The predicted molar refractivity (Wildman–Crippen MR) is 100 cm³/mol. The van der Waals surface area contributed by atoms with Crippen molar-refractivity contribution in [2.45, 2.75) is 32.4 Å². The molecule has 27 heavy (non-hydrogen) atoms. The summed E-state index contributed by atoms with van der Waals surface area (Å²) in [5, 5.41) is 13.8. The normalized spacial score (nSPS) is 11.7. The summed E-state index contributed by atoms with van der Waals surface area (Å²) in [5.41, 5.74) is 5.98. The van der Waals surface area contributed by atoms with Crippen LogP contribution < -0.4 is 11.1 Å². The number of ether oxygens (including phenoxy) is 1. The highest BCUT2D eigenvalue weighted by Crippen LogP contribution is 2.24. The van der Waals surface area contributed by atoms with E-state index in [1.807, 2.05) is 6.07 Å². The number of carbonyl (C=O) groups is 2. The number of nitro benzene ring substituents is 1. The number of nitrogens with one attached hydrogen (secondary N) is 1. The van der Waals surface area contributed by atoms with Crippen molar-refractivity contribution < 1.29 is 19.2 Å². The van der Waals surface area contributed by atoms with Crippen molar-refractivity contribution in [1.29, 1.82) is 0 Å². The highest BCUT2D eigenvalue weighted by molar-refractivity contribution is 5.96. The molecule has 1 atom stereocenters. The number of rotatable bonds is 7. The van der Waals surface area contributed by atoms with Crippen LogP contribution in [0.15, 0.2) is 48.5 Å². The van der Waals surface area contributed by atoms with Gasteiger partial charge in [0.25, 0.3) is 11.6 Å². The number of nitrogens with two attached hydrogens (primary N) is 1. The first-order valence-electron chi connectivity index (χ1n) is 8.37. The van der Waals surface area contributed by atoms with Crippen molar-refractivity contribution in [2.75, 3.05) is 5.73 Å². The number of carbonyl (C=O) groups excluding carboxylic acids is 2. The molecule has 142 valence electrons. The molecule has 1 unspecified atom stereocenters. The molecular weight excluding hydrogens is 350 g/mol. The van der Waals surface area contributed by atoms with Crippen LogP contribution in [0, 0.1) is 10.1 Å². The number of anilines is 1. The van der Waals surface area contributed by atoms with Gasteiger partial charge in [-0.15, -0.1) is 0 Å². The zero-order valence-electron chi connectivity index (χ0n) is 15.0. The summed E-state index contributed by atoms with van der Waals surface area (Å²) in [7, 11) is 0. The van der Waals surface area contributed by atoms with Gasteiger partial charge in [0.15, 0.2) is 0 Å². The van der Waals surface area contributed by atoms with Crippen molar-refractivity contribution in [1.82, 2.24) is 5.32 Å². The minimum absolute atomic E-state index is 0.0309. The summed E-state index contributed by atoms with van der Waals surface area (Å²) >= 11 is 0. The molecular formula is C19H21N3O5. The van der Waals surface area contributed by atoms with Crippen LogP contribution in [0.25, 0.3) is 0 Å². The molecule has 0 spiro atoms. The van der Waals surface area contributed by atoms with Gasteiger partial charge in [-0.1, -0.05) is 30.3 Å². The maximum absolute atomic E-state index is 12.6. The Morgan fingerprint density at radius 3 is 2.44 bits per heavy atom. The molecule has 0 aromatic heterocycles. The Balaban J connectivity index is 2.24. The Morgan fingerprint density at radius 1 is 1.19 bits per heavy atom. The van der Waals surface area contributed by atoms with Crippen molar-refractivity contribution in [3.05, 3.63) is 69.8 Å². The van der Waals surface area contributed by atoms with E-state index >= 15 is 0 Å². The molecule has 8 nitrogen and oxygen atoms in total. The third kappa shape index (κ3) is 5.53. The summed E-state index contributed by atoms with van der Waals surface area (Å²) in [5.74, 6) is -1.01. The zero-order chi connectivity index (χ0) is 20.0. The predicted octanol–water partition coefficient (Wildman–Crippen LogP) is 2.99. The van der Waals surface area contributed by atoms with Gasteiger partial charge in [-0.2, -0.15) is 0 Å². The van der Waals surface area contributed by atoms with Crippen molar-refractivity contribution in [2.24, 2.45) is 0 Å². The van der Waals surface area contributed by atoms with Crippen molar-refractivity contribution >= 4 is 23.3 Å². The van der Waals surface area contributed by atoms with E-state index in [4.69, 9.17) is 10.5 Å². The molecule has 0 aliphatic heterocycles. The van der Waals surface area contributed by atoms with E-state index in [1.54, 1.807) is 38.1 Å². The number of nitro groups is 1. The van der Waals surface area contributed by atoms with E-state index in [9.17, 15) is 19.7 Å². The lowest BCUT2D eigenvalue weighted by Gasteiger charge is -2.19. The number of hydrogen-bond donors (Lipinski definition) is 2. The Labute approximate surface area is 156 Å². The number of esters is 1. The van der Waals surface area contributed by atoms with Gasteiger partial charge in [-0.05, 0) is 31.5 Å². The molecule has 0 saturated carbocycles. The van der Waals surface area contributed by atoms with Gasteiger partial charge in [0.1, 0.15) is 5.69 Å². The first kappa shape index (κ1) is 19.9. The highest BCUT2D eigenvalue weighted by atomic mass is 16.6. The fraction of sp³-hybridized carbons (Fsp3) is 0.263. The van der Waals surface area contributed by atoms with Crippen molar-refractivity contribution in [3.8, 4) is 0 Å². The topological polar surface area (TPSA) is 125 Å². The van der Waals surface area contributed by atoms with E-state index < -0.39 is 22.8 Å². The molecule has 0 aliphatic carbocycles. The summed E-state index contributed by atoms with van der Waals surface area (Å²) in [6.07, 6.45) is -0.338. The standard InChI is InChI=1S/C19H21N3O5/c1-12(2)27-18(23)11-16(13-6-4-3-5-7-13)21-19(24)14-8-9-15(20)17(10-14)22(25)26/h3-10,12,16H,11,20H2,1-2H3,(H,21,24). The molecule has 8 heteroatoms. The lowest BCUT2D eigenvalue weighted by Crippen LogP contribution is -2.31. The molecule has 1 amide bonds. The van der Waals surface area contributed by atoms with E-state index in [0.29, 0.717) is 0 Å². The van der Waals surface area contributed by atoms with Crippen LogP contribution in [0.3, 0.4) is 0 Å². The Hall–Kier alpha value is -3.42. The van der Waals surface area contributed by atoms with Crippen LogP contribution in [0.1, 0.15) is 42.2 Å². The number of hydrogen-bond acceptors (Lipinski definition) is 6. The van der Waals surface area contributed by atoms with Gasteiger partial charge in [0.05, 0.1) is 23.5 Å². The lowest BCUT2D eigenvalue weighted by molar-refractivity contribution is -0.383. The molecule has 2 aromatic carbocycles. The Kier molecular flexibility index (Phi) is 6.48. The summed E-state index contributed by atoms with van der Waals surface area (Å²) < 4.78 is 5.16. The molecule has 0 saturated heterocycles. The Morgan fingerprint density at radius 2 is 1.85 bits per heavy atom. The molecule has 0 radical (unpaired) electrons. The fourth-order valence-electron chi connectivity index (χ4n) is 2.50. The third-order valence-corrected chi connectivity index (χ3v) is 3.73. The second-order valence-electron chi connectivity index (χ2n) is 6.21. The number of nitrogens with zero attached hydrogens (tertiary/aromatic N) is 1. The average molecular weight is 371 g/mol. The van der Waals surface area contributed by atoms with Crippen LogP contribution in [-0.2, 0) is 9.53 Å². The van der Waals surface area contributed by atoms with Gasteiger partial charge in [-0.25, -0.2) is 0 Å². The molecule has 3 N–H and O–H groups in total. The summed E-state index contributed by atoms with van der Waals surface area (Å²) in [4.78, 5) is 35.0. The van der Waals surface area contributed by atoms with Gasteiger partial charge in [0, 0.05) is 11.6 Å². The molecule has 0 bridgehead atoms. The monoisotopic (exact) mass is 371 g/mol. The molecule has 2 aromatic rings. The van der Waals surface area contributed by atoms with E-state index in [2.05, 4.69) is 5.32 Å². The second kappa shape index (κ2) is 8.79. The largest absolute Gasteiger partial charge is 0.463 e. The quantitative estimate of drug-likeness (QED) is 0.334. The number of nitrogen functional groups attached to an aromatic ring is 1. The maximum atomic E-state index is 12.6. The van der Waals surface area contributed by atoms with Crippen LogP contribution in [0.2, 0.25) is 0 Å². The first-order chi connectivity index (χ1) is 12.8. The van der Waals surface area contributed by atoms with Crippen LogP contribution in [-0.4, -0.2) is 22.9 Å². The van der Waals surface area contributed by atoms with E-state index in [0.717, 1.165) is 11.6 Å². The Bertz CT molecular complexity index is 836. The first-order valence-corrected chi connectivity index (χ1v) is 8.37. The molecule has 0 fully saturated rings. The highest BCUT2D eigenvalue weighted by Gasteiger charge is 2.22. The van der Waals surface area contributed by atoms with E-state index in [-0.39, 0.29) is 29.5 Å². The van der Waals surface area contributed by atoms with Crippen LogP contribution in [0.5, 0.6) is 0 Å². The van der Waals surface area contributed by atoms with Crippen molar-refractivity contribution in [3.63, 3.8) is 0 Å². The lowest BCUT2D eigenvalue weighted by atomic mass is 10.0. The van der Waals surface area contributed by atoms with Gasteiger partial charge in [-0.3, -0.25) is 19.7 Å². The smallest absolute Gasteiger partial charge is 0.308 e. The van der Waals surface area contributed by atoms with Crippen LogP contribution >= 0.6 is 0 Å². The number of benzene rings is 2. The SMILES string of the molecule is CC(C)OC(=O)CC(NC(=O)c1ccc(N)c([N+](=O)[O-])c1)c1ccccc1. The van der Waals surface area contributed by atoms with Gasteiger partial charge >= 0.3 is 5.97 Å².